The van der Waals surface area contributed by atoms with E-state index in [9.17, 15) is 9.59 Å². The van der Waals surface area contributed by atoms with Gasteiger partial charge in [-0.3, -0.25) is 9.59 Å². The Bertz CT molecular complexity index is 876. The number of fused-ring (bicyclic) bond motifs is 1. The lowest BCUT2D eigenvalue weighted by molar-refractivity contribution is -0.155. The Kier molecular flexibility index (Phi) is 5.03. The van der Waals surface area contributed by atoms with Gasteiger partial charge in [0.15, 0.2) is 6.10 Å². The minimum atomic E-state index is -0.883. The summed E-state index contributed by atoms with van der Waals surface area (Å²) in [5, 5.41) is 10.6. The van der Waals surface area contributed by atoms with Crippen LogP contribution in [0, 0.1) is 0 Å². The number of para-hydroxylation sites is 1. The van der Waals surface area contributed by atoms with E-state index in [1.165, 1.54) is 11.6 Å². The first-order valence-electron chi connectivity index (χ1n) is 7.93. The second-order valence-corrected chi connectivity index (χ2v) is 5.57. The number of hydrogen-bond donors (Lipinski definition) is 1. The number of carbonyl (C=O) groups is 2. The third kappa shape index (κ3) is 4.20. The summed E-state index contributed by atoms with van der Waals surface area (Å²) in [5.41, 5.74) is 2.41. The van der Waals surface area contributed by atoms with Crippen LogP contribution in [0.1, 0.15) is 12.5 Å². The van der Waals surface area contributed by atoms with E-state index in [-0.39, 0.29) is 12.5 Å². The largest absolute Gasteiger partial charge is 0.451 e. The molecule has 0 aliphatic rings. The van der Waals surface area contributed by atoms with Crippen LogP contribution in [0.25, 0.3) is 11.0 Å². The van der Waals surface area contributed by atoms with E-state index in [0.29, 0.717) is 12.1 Å². The van der Waals surface area contributed by atoms with Crippen molar-refractivity contribution in [1.29, 1.82) is 0 Å². The van der Waals surface area contributed by atoms with E-state index in [2.05, 4.69) is 15.6 Å². The topological polar surface area (TPSA) is 86.1 Å². The van der Waals surface area contributed by atoms with Crippen LogP contribution in [0.5, 0.6) is 0 Å². The van der Waals surface area contributed by atoms with Crippen LogP contribution in [0.2, 0.25) is 0 Å². The van der Waals surface area contributed by atoms with Crippen molar-refractivity contribution in [2.75, 3.05) is 0 Å². The number of amides is 1. The van der Waals surface area contributed by atoms with E-state index >= 15 is 0 Å². The summed E-state index contributed by atoms with van der Waals surface area (Å²) in [6.07, 6.45) is -0.883. The first kappa shape index (κ1) is 16.6. The van der Waals surface area contributed by atoms with Gasteiger partial charge in [-0.2, -0.15) is 0 Å². The van der Waals surface area contributed by atoms with Gasteiger partial charge in [0, 0.05) is 6.54 Å². The highest BCUT2D eigenvalue weighted by atomic mass is 16.5. The fraction of sp³-hybridized carbons (Fsp3) is 0.222. The molecular formula is C18H18N4O3. The Hall–Kier alpha value is -3.22. The second kappa shape index (κ2) is 7.57. The van der Waals surface area contributed by atoms with E-state index < -0.39 is 12.1 Å². The number of rotatable bonds is 6. The van der Waals surface area contributed by atoms with E-state index in [1.54, 1.807) is 0 Å². The number of hydrogen-bond acceptors (Lipinski definition) is 5. The number of carbonyl (C=O) groups excluding carboxylic acids is 2. The Morgan fingerprint density at radius 1 is 1.12 bits per heavy atom. The molecule has 2 aromatic carbocycles. The molecule has 1 unspecified atom stereocenters. The zero-order chi connectivity index (χ0) is 17.6. The Labute approximate surface area is 144 Å². The van der Waals surface area contributed by atoms with Crippen LogP contribution < -0.4 is 5.32 Å². The fourth-order valence-corrected chi connectivity index (χ4v) is 2.37. The molecule has 1 aromatic heterocycles. The summed E-state index contributed by atoms with van der Waals surface area (Å²) in [5.74, 6) is -0.890. The van der Waals surface area contributed by atoms with E-state index in [0.717, 1.165) is 11.1 Å². The molecule has 128 valence electrons. The van der Waals surface area contributed by atoms with Crippen molar-refractivity contribution >= 4 is 22.9 Å². The lowest BCUT2D eigenvalue weighted by Gasteiger charge is -2.13. The number of ether oxygens (including phenoxy) is 1. The van der Waals surface area contributed by atoms with Gasteiger partial charge in [0.1, 0.15) is 12.1 Å². The number of nitrogens with zero attached hydrogens (tertiary/aromatic N) is 3. The Morgan fingerprint density at radius 3 is 2.64 bits per heavy atom. The summed E-state index contributed by atoms with van der Waals surface area (Å²) >= 11 is 0. The van der Waals surface area contributed by atoms with Gasteiger partial charge in [0.05, 0.1) is 5.52 Å². The summed E-state index contributed by atoms with van der Waals surface area (Å²) in [6.45, 7) is 1.82. The summed E-state index contributed by atoms with van der Waals surface area (Å²) in [7, 11) is 0. The maximum atomic E-state index is 12.1. The van der Waals surface area contributed by atoms with Crippen LogP contribution in [-0.2, 0) is 27.4 Å². The Morgan fingerprint density at radius 2 is 1.84 bits per heavy atom. The molecule has 0 radical (unpaired) electrons. The van der Waals surface area contributed by atoms with E-state index in [1.807, 2.05) is 54.6 Å². The molecule has 1 heterocycles. The van der Waals surface area contributed by atoms with Crippen LogP contribution in [0.15, 0.2) is 54.6 Å². The van der Waals surface area contributed by atoms with Crippen LogP contribution in [0.4, 0.5) is 0 Å². The first-order valence-corrected chi connectivity index (χ1v) is 7.93. The zero-order valence-electron chi connectivity index (χ0n) is 13.8. The molecular weight excluding hydrogens is 320 g/mol. The molecule has 1 atom stereocenters. The summed E-state index contributed by atoms with van der Waals surface area (Å²) in [4.78, 5) is 24.1. The molecule has 3 aromatic rings. The van der Waals surface area contributed by atoms with Crippen molar-refractivity contribution in [1.82, 2.24) is 20.3 Å². The molecule has 0 saturated heterocycles. The normalized spacial score (nSPS) is 11.9. The van der Waals surface area contributed by atoms with Gasteiger partial charge in [0.2, 0.25) is 0 Å². The van der Waals surface area contributed by atoms with Crippen molar-refractivity contribution in [3.05, 3.63) is 60.2 Å². The molecule has 1 N–H and O–H groups in total. The van der Waals surface area contributed by atoms with E-state index in [4.69, 9.17) is 4.74 Å². The maximum absolute atomic E-state index is 12.1. The standard InChI is InChI=1S/C18H18N4O3/c1-13(18(24)19-11-14-7-3-2-4-8-14)25-17(23)12-22-16-10-6-5-9-15(16)20-21-22/h2-10,13H,11-12H2,1H3,(H,19,24). The lowest BCUT2D eigenvalue weighted by Crippen LogP contribution is -2.36. The zero-order valence-corrected chi connectivity index (χ0v) is 13.8. The summed E-state index contributed by atoms with van der Waals surface area (Å²) < 4.78 is 6.63. The molecule has 0 saturated carbocycles. The van der Waals surface area contributed by atoms with Gasteiger partial charge in [-0.25, -0.2) is 4.68 Å². The molecule has 3 rings (SSSR count). The number of benzene rings is 2. The maximum Gasteiger partial charge on any atom is 0.328 e. The van der Waals surface area contributed by atoms with Gasteiger partial charge >= 0.3 is 5.97 Å². The molecule has 0 aliphatic carbocycles. The fourth-order valence-electron chi connectivity index (χ4n) is 2.37. The third-order valence-electron chi connectivity index (χ3n) is 3.69. The number of nitrogens with one attached hydrogen (secondary N) is 1. The quantitative estimate of drug-likeness (QED) is 0.691. The molecule has 7 heteroatoms. The second-order valence-electron chi connectivity index (χ2n) is 5.57. The average Bonchev–Trinajstić information content (AvgIpc) is 3.03. The first-order chi connectivity index (χ1) is 12.1. The van der Waals surface area contributed by atoms with Crippen molar-refractivity contribution < 1.29 is 14.3 Å². The monoisotopic (exact) mass is 338 g/mol. The Balaban J connectivity index is 1.52. The van der Waals surface area contributed by atoms with Gasteiger partial charge in [-0.15, -0.1) is 5.10 Å². The molecule has 0 aliphatic heterocycles. The van der Waals surface area contributed by atoms with Crippen LogP contribution in [-0.4, -0.2) is 33.0 Å². The lowest BCUT2D eigenvalue weighted by atomic mass is 10.2. The van der Waals surface area contributed by atoms with Crippen LogP contribution in [0.3, 0.4) is 0 Å². The van der Waals surface area contributed by atoms with Gasteiger partial charge in [-0.05, 0) is 24.6 Å². The molecule has 7 nitrogen and oxygen atoms in total. The smallest absolute Gasteiger partial charge is 0.328 e. The number of aromatic nitrogens is 3. The van der Waals surface area contributed by atoms with Gasteiger partial charge in [-0.1, -0.05) is 47.7 Å². The predicted octanol–water partition coefficient (Wildman–Crippen LogP) is 1.68. The minimum absolute atomic E-state index is 0.100. The SMILES string of the molecule is CC(OC(=O)Cn1nnc2ccccc21)C(=O)NCc1ccccc1. The molecule has 0 fully saturated rings. The molecule has 1 amide bonds. The number of esters is 1. The van der Waals surface area contributed by atoms with Crippen LogP contribution >= 0.6 is 0 Å². The van der Waals surface area contributed by atoms with Crippen molar-refractivity contribution in [3.8, 4) is 0 Å². The van der Waals surface area contributed by atoms with Crippen molar-refractivity contribution in [2.24, 2.45) is 0 Å². The third-order valence-corrected chi connectivity index (χ3v) is 3.69. The minimum Gasteiger partial charge on any atom is -0.451 e. The van der Waals surface area contributed by atoms with Crippen molar-refractivity contribution in [2.45, 2.75) is 26.1 Å². The predicted molar refractivity (Wildman–Crippen MR) is 91.4 cm³/mol. The highest BCUT2D eigenvalue weighted by Crippen LogP contribution is 2.09. The highest BCUT2D eigenvalue weighted by molar-refractivity contribution is 5.83. The van der Waals surface area contributed by atoms with Gasteiger partial charge < -0.3 is 10.1 Å². The molecule has 25 heavy (non-hydrogen) atoms. The van der Waals surface area contributed by atoms with Gasteiger partial charge in [0.25, 0.3) is 5.91 Å². The molecule has 0 spiro atoms. The highest BCUT2D eigenvalue weighted by Gasteiger charge is 2.18. The molecule has 0 bridgehead atoms. The average molecular weight is 338 g/mol. The van der Waals surface area contributed by atoms with Crippen molar-refractivity contribution in [3.63, 3.8) is 0 Å². The summed E-state index contributed by atoms with van der Waals surface area (Å²) in [6, 6.07) is 16.8.